The highest BCUT2D eigenvalue weighted by molar-refractivity contribution is 6.01. The van der Waals surface area contributed by atoms with E-state index in [0.717, 1.165) is 12.8 Å². The summed E-state index contributed by atoms with van der Waals surface area (Å²) in [7, 11) is 3.04. The van der Waals surface area contributed by atoms with E-state index in [9.17, 15) is 4.79 Å². The van der Waals surface area contributed by atoms with E-state index < -0.39 is 0 Å². The monoisotopic (exact) mass is 262 g/mol. The summed E-state index contributed by atoms with van der Waals surface area (Å²) in [6.07, 6.45) is 5.82. The summed E-state index contributed by atoms with van der Waals surface area (Å²) in [5.74, 6) is 0.776. The van der Waals surface area contributed by atoms with E-state index >= 15 is 0 Å². The topological polar surface area (TPSA) is 73.6 Å². The molecule has 0 saturated carbocycles. The van der Waals surface area contributed by atoms with E-state index in [1.807, 2.05) is 0 Å². The van der Waals surface area contributed by atoms with Crippen molar-refractivity contribution in [3.05, 3.63) is 29.8 Å². The number of nitrogen functional groups attached to an aromatic ring is 1. The quantitative estimate of drug-likeness (QED) is 0.640. The third kappa shape index (κ3) is 2.81. The maximum atomic E-state index is 12.2. The Hall–Kier alpha value is -2.17. The molecule has 0 heterocycles. The van der Waals surface area contributed by atoms with Gasteiger partial charge >= 0.3 is 0 Å². The number of rotatable bonds is 4. The predicted octanol–water partition coefficient (Wildman–Crippen LogP) is 1.73. The molecule has 0 aliphatic heterocycles. The number of carbonyl (C=O) groups is 1. The number of hydrogen-bond donors (Lipinski definition) is 2. The summed E-state index contributed by atoms with van der Waals surface area (Å²) < 4.78 is 10.3. The SMILES string of the molecule is COc1cc(OC)c(N)c(C(=O)NC2CC=CC2)c1. The van der Waals surface area contributed by atoms with Crippen molar-refractivity contribution < 1.29 is 14.3 Å². The Kier molecular flexibility index (Phi) is 3.94. The highest BCUT2D eigenvalue weighted by atomic mass is 16.5. The van der Waals surface area contributed by atoms with Crippen molar-refractivity contribution in [1.29, 1.82) is 0 Å². The predicted molar refractivity (Wildman–Crippen MR) is 73.6 cm³/mol. The zero-order chi connectivity index (χ0) is 13.8. The van der Waals surface area contributed by atoms with Crippen molar-refractivity contribution in [3.63, 3.8) is 0 Å². The van der Waals surface area contributed by atoms with Crippen molar-refractivity contribution in [1.82, 2.24) is 5.32 Å². The van der Waals surface area contributed by atoms with E-state index in [4.69, 9.17) is 15.2 Å². The van der Waals surface area contributed by atoms with Gasteiger partial charge in [0.1, 0.15) is 11.5 Å². The number of nitrogens with two attached hydrogens (primary N) is 1. The molecule has 0 bridgehead atoms. The van der Waals surface area contributed by atoms with Crippen molar-refractivity contribution >= 4 is 11.6 Å². The fraction of sp³-hybridized carbons (Fsp3) is 0.357. The van der Waals surface area contributed by atoms with Crippen molar-refractivity contribution in [2.75, 3.05) is 20.0 Å². The number of nitrogens with one attached hydrogen (secondary N) is 1. The largest absolute Gasteiger partial charge is 0.497 e. The number of hydrogen-bond acceptors (Lipinski definition) is 4. The molecule has 1 aromatic carbocycles. The van der Waals surface area contributed by atoms with E-state index in [0.29, 0.717) is 22.7 Å². The van der Waals surface area contributed by atoms with Crippen molar-refractivity contribution in [2.24, 2.45) is 0 Å². The van der Waals surface area contributed by atoms with E-state index in [2.05, 4.69) is 17.5 Å². The summed E-state index contributed by atoms with van der Waals surface area (Å²) >= 11 is 0. The third-order valence-electron chi connectivity index (χ3n) is 3.16. The molecule has 0 fully saturated rings. The molecule has 1 amide bonds. The molecule has 2 rings (SSSR count). The smallest absolute Gasteiger partial charge is 0.253 e. The Morgan fingerprint density at radius 3 is 2.53 bits per heavy atom. The molecule has 0 atom stereocenters. The third-order valence-corrected chi connectivity index (χ3v) is 3.16. The summed E-state index contributed by atoms with van der Waals surface area (Å²) in [5, 5.41) is 2.95. The number of benzene rings is 1. The second-order valence-electron chi connectivity index (χ2n) is 4.40. The lowest BCUT2D eigenvalue weighted by molar-refractivity contribution is 0.0939. The van der Waals surface area contributed by atoms with Gasteiger partial charge < -0.3 is 20.5 Å². The van der Waals surface area contributed by atoms with Crippen LogP contribution in [0.4, 0.5) is 5.69 Å². The molecule has 0 unspecified atom stereocenters. The number of amides is 1. The van der Waals surface area contributed by atoms with Gasteiger partial charge in [0, 0.05) is 12.1 Å². The lowest BCUT2D eigenvalue weighted by Gasteiger charge is -2.15. The van der Waals surface area contributed by atoms with Crippen LogP contribution in [0.25, 0.3) is 0 Å². The van der Waals surface area contributed by atoms with Crippen LogP contribution in [-0.2, 0) is 0 Å². The molecular formula is C14H18N2O3. The molecule has 1 aromatic rings. The van der Waals surface area contributed by atoms with Crippen LogP contribution >= 0.6 is 0 Å². The van der Waals surface area contributed by atoms with Crippen LogP contribution < -0.4 is 20.5 Å². The van der Waals surface area contributed by atoms with Gasteiger partial charge in [-0.2, -0.15) is 0 Å². The van der Waals surface area contributed by atoms with Crippen molar-refractivity contribution in [2.45, 2.75) is 18.9 Å². The first kappa shape index (κ1) is 13.3. The summed E-state index contributed by atoms with van der Waals surface area (Å²) in [4.78, 5) is 12.2. The molecule has 3 N–H and O–H groups in total. The average molecular weight is 262 g/mol. The number of ether oxygens (including phenoxy) is 2. The van der Waals surface area contributed by atoms with Gasteiger partial charge in [0.15, 0.2) is 0 Å². The highest BCUT2D eigenvalue weighted by Crippen LogP contribution is 2.31. The van der Waals surface area contributed by atoms with E-state index in [1.54, 1.807) is 12.1 Å². The minimum absolute atomic E-state index is 0.143. The Morgan fingerprint density at radius 1 is 1.26 bits per heavy atom. The van der Waals surface area contributed by atoms with Gasteiger partial charge in [-0.1, -0.05) is 12.2 Å². The normalized spacial score (nSPS) is 14.4. The average Bonchev–Trinajstić information content (AvgIpc) is 2.91. The standard InChI is InChI=1S/C14H18N2O3/c1-18-10-7-11(13(15)12(8-10)19-2)14(17)16-9-5-3-4-6-9/h3-4,7-9H,5-6,15H2,1-2H3,(H,16,17). The molecule has 0 radical (unpaired) electrons. The summed E-state index contributed by atoms with van der Waals surface area (Å²) in [5.41, 5.74) is 6.64. The molecule has 102 valence electrons. The maximum Gasteiger partial charge on any atom is 0.253 e. The van der Waals surface area contributed by atoms with E-state index in [-0.39, 0.29) is 11.9 Å². The molecule has 1 aliphatic rings. The second kappa shape index (κ2) is 5.65. The molecule has 0 spiro atoms. The zero-order valence-corrected chi connectivity index (χ0v) is 11.1. The lowest BCUT2D eigenvalue weighted by Crippen LogP contribution is -2.33. The van der Waals surface area contributed by atoms with Crippen LogP contribution in [0, 0.1) is 0 Å². The van der Waals surface area contributed by atoms with Gasteiger partial charge in [-0.3, -0.25) is 4.79 Å². The fourth-order valence-corrected chi connectivity index (χ4v) is 2.07. The summed E-state index contributed by atoms with van der Waals surface area (Å²) in [6, 6.07) is 3.42. The Bertz CT molecular complexity index is 504. The van der Waals surface area contributed by atoms with Crippen LogP contribution in [-0.4, -0.2) is 26.2 Å². The molecule has 5 heteroatoms. The van der Waals surface area contributed by atoms with Crippen LogP contribution in [0.15, 0.2) is 24.3 Å². The molecule has 0 saturated heterocycles. The first-order chi connectivity index (χ1) is 9.15. The fourth-order valence-electron chi connectivity index (χ4n) is 2.07. The number of anilines is 1. The van der Waals surface area contributed by atoms with Gasteiger partial charge in [-0.05, 0) is 18.9 Å². The zero-order valence-electron chi connectivity index (χ0n) is 11.1. The first-order valence-corrected chi connectivity index (χ1v) is 6.13. The molecule has 0 aromatic heterocycles. The number of methoxy groups -OCH3 is 2. The molecular weight excluding hydrogens is 244 g/mol. The van der Waals surface area contributed by atoms with Crippen LogP contribution in [0.3, 0.4) is 0 Å². The van der Waals surface area contributed by atoms with Gasteiger partial charge in [0.2, 0.25) is 0 Å². The minimum Gasteiger partial charge on any atom is -0.497 e. The minimum atomic E-state index is -0.205. The Labute approximate surface area is 112 Å². The number of carbonyl (C=O) groups excluding carboxylic acids is 1. The maximum absolute atomic E-state index is 12.2. The highest BCUT2D eigenvalue weighted by Gasteiger charge is 2.19. The first-order valence-electron chi connectivity index (χ1n) is 6.13. The van der Waals surface area contributed by atoms with E-state index in [1.165, 1.54) is 14.2 Å². The van der Waals surface area contributed by atoms with Gasteiger partial charge in [-0.25, -0.2) is 0 Å². The Balaban J connectivity index is 2.24. The van der Waals surface area contributed by atoms with Gasteiger partial charge in [0.25, 0.3) is 5.91 Å². The molecule has 5 nitrogen and oxygen atoms in total. The van der Waals surface area contributed by atoms with Gasteiger partial charge in [-0.15, -0.1) is 0 Å². The summed E-state index contributed by atoms with van der Waals surface area (Å²) in [6.45, 7) is 0. The lowest BCUT2D eigenvalue weighted by atomic mass is 10.1. The van der Waals surface area contributed by atoms with Gasteiger partial charge in [0.05, 0.1) is 25.5 Å². The second-order valence-corrected chi connectivity index (χ2v) is 4.40. The van der Waals surface area contributed by atoms with Crippen LogP contribution in [0.5, 0.6) is 11.5 Å². The molecule has 1 aliphatic carbocycles. The van der Waals surface area contributed by atoms with Crippen LogP contribution in [0.1, 0.15) is 23.2 Å². The Morgan fingerprint density at radius 2 is 1.95 bits per heavy atom. The van der Waals surface area contributed by atoms with Crippen LogP contribution in [0.2, 0.25) is 0 Å². The molecule has 19 heavy (non-hydrogen) atoms. The van der Waals surface area contributed by atoms with Crippen molar-refractivity contribution in [3.8, 4) is 11.5 Å².